The molecule has 1 heterocycles. The van der Waals surface area contributed by atoms with Crippen molar-refractivity contribution in [1.29, 1.82) is 0 Å². The molecular formula is C15H21N3O. The molecule has 0 fully saturated rings. The molecule has 2 N–H and O–H groups in total. The fourth-order valence-electron chi connectivity index (χ4n) is 2.00. The van der Waals surface area contributed by atoms with Crippen molar-refractivity contribution in [3.63, 3.8) is 0 Å². The highest BCUT2D eigenvalue weighted by atomic mass is 16.5. The number of rotatable bonds is 5. The number of imidazole rings is 1. The van der Waals surface area contributed by atoms with Crippen molar-refractivity contribution in [3.05, 3.63) is 42.5 Å². The topological polar surface area (TPSA) is 53.1 Å². The van der Waals surface area contributed by atoms with E-state index >= 15 is 0 Å². The van der Waals surface area contributed by atoms with Crippen LogP contribution in [0.15, 0.2) is 36.8 Å². The third kappa shape index (κ3) is 2.96. The van der Waals surface area contributed by atoms with E-state index in [2.05, 4.69) is 18.8 Å². The monoisotopic (exact) mass is 259 g/mol. The summed E-state index contributed by atoms with van der Waals surface area (Å²) in [6.45, 7) is 6.85. The van der Waals surface area contributed by atoms with Gasteiger partial charge in [-0.3, -0.25) is 0 Å². The van der Waals surface area contributed by atoms with Gasteiger partial charge in [0, 0.05) is 12.1 Å². The van der Waals surface area contributed by atoms with E-state index in [1.807, 2.05) is 42.0 Å². The van der Waals surface area contributed by atoms with Crippen molar-refractivity contribution in [1.82, 2.24) is 9.55 Å². The zero-order valence-corrected chi connectivity index (χ0v) is 11.7. The summed E-state index contributed by atoms with van der Waals surface area (Å²) < 4.78 is 7.55. The lowest BCUT2D eigenvalue weighted by atomic mass is 10.0. The third-order valence-corrected chi connectivity index (χ3v) is 3.13. The van der Waals surface area contributed by atoms with Gasteiger partial charge in [-0.25, -0.2) is 4.98 Å². The Morgan fingerprint density at radius 3 is 2.84 bits per heavy atom. The summed E-state index contributed by atoms with van der Waals surface area (Å²) in [5.74, 6) is 1.23. The highest BCUT2D eigenvalue weighted by Gasteiger charge is 2.16. The summed E-state index contributed by atoms with van der Waals surface area (Å²) in [6, 6.07) is 7.93. The Kier molecular flexibility index (Phi) is 4.22. The number of nitrogens with zero attached hydrogens (tertiary/aromatic N) is 2. The van der Waals surface area contributed by atoms with Crippen LogP contribution in [0.3, 0.4) is 0 Å². The molecule has 0 aliphatic carbocycles. The summed E-state index contributed by atoms with van der Waals surface area (Å²) >= 11 is 0. The van der Waals surface area contributed by atoms with Crippen LogP contribution in [0.25, 0.3) is 5.69 Å². The zero-order valence-electron chi connectivity index (χ0n) is 11.7. The number of hydrogen-bond acceptors (Lipinski definition) is 3. The predicted octanol–water partition coefficient (Wildman–Crippen LogP) is 2.93. The Morgan fingerprint density at radius 1 is 1.37 bits per heavy atom. The van der Waals surface area contributed by atoms with E-state index in [0.29, 0.717) is 12.5 Å². The first-order valence-electron chi connectivity index (χ1n) is 6.64. The summed E-state index contributed by atoms with van der Waals surface area (Å²) in [7, 11) is 0. The average molecular weight is 259 g/mol. The first-order chi connectivity index (χ1) is 9.13. The second-order valence-electron chi connectivity index (χ2n) is 4.89. The molecule has 0 radical (unpaired) electrons. The molecule has 0 spiro atoms. The molecule has 0 aliphatic rings. The maximum atomic E-state index is 6.23. The Balaban J connectivity index is 2.37. The van der Waals surface area contributed by atoms with Gasteiger partial charge in [0.05, 0.1) is 30.5 Å². The molecule has 0 amide bonds. The van der Waals surface area contributed by atoms with E-state index in [1.54, 1.807) is 6.33 Å². The van der Waals surface area contributed by atoms with Crippen LogP contribution in [0.5, 0.6) is 5.75 Å². The minimum absolute atomic E-state index is 0.0294. The molecule has 1 aromatic carbocycles. The van der Waals surface area contributed by atoms with E-state index in [1.165, 1.54) is 0 Å². The molecule has 0 saturated carbocycles. The summed E-state index contributed by atoms with van der Waals surface area (Å²) in [5, 5.41) is 0. The third-order valence-electron chi connectivity index (χ3n) is 3.13. The molecule has 0 saturated heterocycles. The molecule has 1 atom stereocenters. The van der Waals surface area contributed by atoms with Crippen LogP contribution in [-0.4, -0.2) is 16.2 Å². The van der Waals surface area contributed by atoms with Gasteiger partial charge in [-0.1, -0.05) is 19.9 Å². The molecule has 102 valence electrons. The van der Waals surface area contributed by atoms with Gasteiger partial charge in [-0.2, -0.15) is 0 Å². The quantitative estimate of drug-likeness (QED) is 0.898. The van der Waals surface area contributed by atoms with E-state index in [0.717, 1.165) is 17.1 Å². The van der Waals surface area contributed by atoms with Crippen LogP contribution in [-0.2, 0) is 0 Å². The molecular weight excluding hydrogens is 238 g/mol. The Hall–Kier alpha value is -1.81. The van der Waals surface area contributed by atoms with E-state index in [-0.39, 0.29) is 6.04 Å². The van der Waals surface area contributed by atoms with Gasteiger partial charge < -0.3 is 15.0 Å². The molecule has 2 aromatic rings. The molecule has 1 aromatic heterocycles. The van der Waals surface area contributed by atoms with Crippen molar-refractivity contribution in [3.8, 4) is 11.4 Å². The average Bonchev–Trinajstić information content (AvgIpc) is 2.87. The van der Waals surface area contributed by atoms with Crippen LogP contribution >= 0.6 is 0 Å². The fraction of sp³-hybridized carbons (Fsp3) is 0.400. The van der Waals surface area contributed by atoms with Gasteiger partial charge in [0.15, 0.2) is 0 Å². The highest BCUT2D eigenvalue weighted by molar-refractivity contribution is 5.40. The normalized spacial score (nSPS) is 12.7. The smallest absolute Gasteiger partial charge is 0.121 e. The van der Waals surface area contributed by atoms with Crippen LogP contribution in [0, 0.1) is 5.92 Å². The maximum Gasteiger partial charge on any atom is 0.121 e. The standard InChI is InChI=1S/C15H21N3O/c1-4-19-13-7-5-6-12(8-13)18-10-17-9-14(18)15(16)11(2)3/h5-11,15H,4,16H2,1-3H3. The molecule has 0 aliphatic heterocycles. The SMILES string of the molecule is CCOc1cccc(-n2cncc2C(N)C(C)C)c1. The largest absolute Gasteiger partial charge is 0.494 e. The van der Waals surface area contributed by atoms with Crippen LogP contribution in [0.1, 0.15) is 32.5 Å². The molecule has 2 rings (SSSR count). The van der Waals surface area contributed by atoms with Crippen molar-refractivity contribution < 1.29 is 4.74 Å². The van der Waals surface area contributed by atoms with Crippen molar-refractivity contribution in [2.45, 2.75) is 26.8 Å². The second-order valence-corrected chi connectivity index (χ2v) is 4.89. The van der Waals surface area contributed by atoms with Crippen LogP contribution in [0.4, 0.5) is 0 Å². The van der Waals surface area contributed by atoms with E-state index < -0.39 is 0 Å². The lowest BCUT2D eigenvalue weighted by Crippen LogP contribution is -2.19. The molecule has 1 unspecified atom stereocenters. The second kappa shape index (κ2) is 5.89. The van der Waals surface area contributed by atoms with Gasteiger partial charge >= 0.3 is 0 Å². The van der Waals surface area contributed by atoms with Crippen molar-refractivity contribution >= 4 is 0 Å². The van der Waals surface area contributed by atoms with Crippen LogP contribution in [0.2, 0.25) is 0 Å². The fourth-order valence-corrected chi connectivity index (χ4v) is 2.00. The predicted molar refractivity (Wildman–Crippen MR) is 76.5 cm³/mol. The lowest BCUT2D eigenvalue weighted by Gasteiger charge is -2.18. The summed E-state index contributed by atoms with van der Waals surface area (Å²) in [5.41, 5.74) is 8.27. The Morgan fingerprint density at radius 2 is 2.16 bits per heavy atom. The number of aromatic nitrogens is 2. The first-order valence-corrected chi connectivity index (χ1v) is 6.64. The maximum absolute atomic E-state index is 6.23. The van der Waals surface area contributed by atoms with Gasteiger partial charge in [0.25, 0.3) is 0 Å². The molecule has 4 nitrogen and oxygen atoms in total. The Bertz CT molecular complexity index is 534. The van der Waals surface area contributed by atoms with Crippen molar-refractivity contribution in [2.24, 2.45) is 11.7 Å². The number of nitrogens with two attached hydrogens (primary N) is 1. The van der Waals surface area contributed by atoms with Crippen molar-refractivity contribution in [2.75, 3.05) is 6.61 Å². The zero-order chi connectivity index (χ0) is 13.8. The molecule has 19 heavy (non-hydrogen) atoms. The van der Waals surface area contributed by atoms with E-state index in [4.69, 9.17) is 10.5 Å². The minimum atomic E-state index is -0.0294. The summed E-state index contributed by atoms with van der Waals surface area (Å²) in [6.07, 6.45) is 3.63. The number of ether oxygens (including phenoxy) is 1. The lowest BCUT2D eigenvalue weighted by molar-refractivity contribution is 0.340. The van der Waals surface area contributed by atoms with Gasteiger partial charge in [0.2, 0.25) is 0 Å². The van der Waals surface area contributed by atoms with E-state index in [9.17, 15) is 0 Å². The molecule has 4 heteroatoms. The van der Waals surface area contributed by atoms with Gasteiger partial charge in [-0.15, -0.1) is 0 Å². The number of benzene rings is 1. The number of hydrogen-bond donors (Lipinski definition) is 1. The summed E-state index contributed by atoms with van der Waals surface area (Å²) in [4.78, 5) is 4.22. The minimum Gasteiger partial charge on any atom is -0.494 e. The highest BCUT2D eigenvalue weighted by Crippen LogP contribution is 2.23. The molecule has 0 bridgehead atoms. The van der Waals surface area contributed by atoms with Gasteiger partial charge in [0.1, 0.15) is 5.75 Å². The van der Waals surface area contributed by atoms with Gasteiger partial charge in [-0.05, 0) is 25.0 Å². The first kappa shape index (κ1) is 13.6. The Labute approximate surface area is 114 Å². The van der Waals surface area contributed by atoms with Crippen LogP contribution < -0.4 is 10.5 Å².